The number of aliphatic carboxylic acids is 1. The van der Waals surface area contributed by atoms with Gasteiger partial charge in [0.2, 0.25) is 17.6 Å². The second-order valence-electron chi connectivity index (χ2n) is 6.73. The van der Waals surface area contributed by atoms with E-state index < -0.39 is 52.1 Å². The molecule has 3 N–H and O–H groups in total. The van der Waals surface area contributed by atoms with Crippen LogP contribution in [-0.4, -0.2) is 39.9 Å². The fraction of sp³-hybridized carbons (Fsp3) is 0.250. The number of nitro groups is 1. The van der Waals surface area contributed by atoms with Crippen molar-refractivity contribution in [3.63, 3.8) is 0 Å². The Morgan fingerprint density at radius 3 is 2.26 bits per heavy atom. The van der Waals surface area contributed by atoms with Crippen LogP contribution in [-0.2, 0) is 27.2 Å². The van der Waals surface area contributed by atoms with E-state index in [4.69, 9.17) is 0 Å². The highest BCUT2D eigenvalue weighted by Crippen LogP contribution is 2.19. The highest BCUT2D eigenvalue weighted by atomic mass is 19.1. The largest absolute Gasteiger partial charge is 0.480 e. The minimum atomic E-state index is -1.51. The van der Waals surface area contributed by atoms with Crippen molar-refractivity contribution < 1.29 is 33.2 Å². The molecule has 11 heteroatoms. The molecular weight excluding hydrogens is 416 g/mol. The van der Waals surface area contributed by atoms with Gasteiger partial charge in [0.1, 0.15) is 17.9 Å². The van der Waals surface area contributed by atoms with Crippen LogP contribution in [0.4, 0.5) is 14.5 Å². The van der Waals surface area contributed by atoms with Gasteiger partial charge in [0.05, 0.1) is 4.92 Å². The van der Waals surface area contributed by atoms with E-state index in [9.17, 15) is 38.4 Å². The molecule has 0 spiro atoms. The molecule has 2 aromatic rings. The average Bonchev–Trinajstić information content (AvgIpc) is 2.67. The highest BCUT2D eigenvalue weighted by molar-refractivity contribution is 5.90. The number of benzene rings is 2. The number of hydrogen-bond acceptors (Lipinski definition) is 5. The number of halogens is 2. The Morgan fingerprint density at radius 2 is 1.68 bits per heavy atom. The predicted octanol–water partition coefficient (Wildman–Crippen LogP) is 1.73. The zero-order valence-corrected chi connectivity index (χ0v) is 16.3. The zero-order valence-electron chi connectivity index (χ0n) is 16.3. The summed E-state index contributed by atoms with van der Waals surface area (Å²) in [5.41, 5.74) is -0.313. The molecule has 2 amide bonds. The molecule has 164 valence electrons. The maximum Gasteiger partial charge on any atom is 0.326 e. The highest BCUT2D eigenvalue weighted by Gasteiger charge is 2.27. The van der Waals surface area contributed by atoms with Crippen LogP contribution < -0.4 is 10.6 Å². The molecule has 31 heavy (non-hydrogen) atoms. The number of hydrogen-bond donors (Lipinski definition) is 3. The van der Waals surface area contributed by atoms with Crippen LogP contribution >= 0.6 is 0 Å². The maximum atomic E-state index is 13.5. The summed E-state index contributed by atoms with van der Waals surface area (Å²) in [4.78, 5) is 45.7. The van der Waals surface area contributed by atoms with E-state index in [1.54, 1.807) is 0 Å². The summed E-state index contributed by atoms with van der Waals surface area (Å²) in [5.74, 6) is -4.46. The SMILES string of the molecule is CC(=O)N[C@@H](Cc1cccc(F)c1)C(=O)N[C@H](Cc1ccc(F)c([N+](=O)[O-])c1)C(=O)O. The Hall–Kier alpha value is -3.89. The Balaban J connectivity index is 2.19. The van der Waals surface area contributed by atoms with Gasteiger partial charge in [-0.1, -0.05) is 18.2 Å². The standard InChI is InChI=1S/C20H19F2N3O6/c1-11(26)23-16(8-12-3-2-4-14(21)7-12)19(27)24-17(20(28)29)9-13-5-6-15(22)18(10-13)25(30)31/h2-7,10,16-17H,8-9H2,1H3,(H,23,26)(H,24,27)(H,28,29)/t16-,17+/m0/s1. The Morgan fingerprint density at radius 1 is 1.03 bits per heavy atom. The van der Waals surface area contributed by atoms with Gasteiger partial charge in [-0.15, -0.1) is 0 Å². The lowest BCUT2D eigenvalue weighted by Crippen LogP contribution is -2.52. The molecule has 0 heterocycles. The first kappa shape index (κ1) is 23.4. The number of rotatable bonds is 9. The Labute approximate surface area is 175 Å². The molecule has 0 saturated carbocycles. The van der Waals surface area contributed by atoms with Crippen molar-refractivity contribution in [2.24, 2.45) is 0 Å². The van der Waals surface area contributed by atoms with Crippen LogP contribution in [0.3, 0.4) is 0 Å². The fourth-order valence-electron chi connectivity index (χ4n) is 2.89. The van der Waals surface area contributed by atoms with Crippen molar-refractivity contribution in [2.45, 2.75) is 31.8 Å². The smallest absolute Gasteiger partial charge is 0.326 e. The van der Waals surface area contributed by atoms with Crippen LogP contribution in [0.1, 0.15) is 18.1 Å². The predicted molar refractivity (Wildman–Crippen MR) is 104 cm³/mol. The first-order chi connectivity index (χ1) is 14.6. The summed E-state index contributed by atoms with van der Waals surface area (Å²) in [7, 11) is 0. The summed E-state index contributed by atoms with van der Waals surface area (Å²) in [5, 5.41) is 25.0. The van der Waals surface area contributed by atoms with Crippen LogP contribution in [0, 0.1) is 21.7 Å². The molecule has 0 unspecified atom stereocenters. The maximum absolute atomic E-state index is 13.5. The van der Waals surface area contributed by atoms with Crippen molar-refractivity contribution in [1.29, 1.82) is 0 Å². The Kier molecular flexibility index (Phi) is 7.72. The van der Waals surface area contributed by atoms with Crippen LogP contribution in [0.5, 0.6) is 0 Å². The number of carbonyl (C=O) groups is 3. The summed E-state index contributed by atoms with van der Waals surface area (Å²) < 4.78 is 26.9. The van der Waals surface area contributed by atoms with Gasteiger partial charge >= 0.3 is 11.7 Å². The van der Waals surface area contributed by atoms with Crippen LogP contribution in [0.2, 0.25) is 0 Å². The van der Waals surface area contributed by atoms with E-state index in [1.807, 2.05) is 0 Å². The first-order valence-corrected chi connectivity index (χ1v) is 9.04. The molecule has 0 aliphatic carbocycles. The number of carboxylic acid groups (broad SMARTS) is 1. The lowest BCUT2D eigenvalue weighted by atomic mass is 10.0. The van der Waals surface area contributed by atoms with Crippen molar-refractivity contribution in [3.8, 4) is 0 Å². The second kappa shape index (κ2) is 10.2. The molecule has 2 atom stereocenters. The number of nitrogens with one attached hydrogen (secondary N) is 2. The van der Waals surface area contributed by atoms with Crippen LogP contribution in [0.15, 0.2) is 42.5 Å². The van der Waals surface area contributed by atoms with E-state index in [2.05, 4.69) is 10.6 Å². The minimum absolute atomic E-state index is 0.0997. The van der Waals surface area contributed by atoms with Crippen molar-refractivity contribution in [3.05, 3.63) is 75.3 Å². The second-order valence-corrected chi connectivity index (χ2v) is 6.73. The minimum Gasteiger partial charge on any atom is -0.480 e. The lowest BCUT2D eigenvalue weighted by molar-refractivity contribution is -0.387. The number of carbonyl (C=O) groups excluding carboxylic acids is 2. The summed E-state index contributed by atoms with van der Waals surface area (Å²) >= 11 is 0. The van der Waals surface area contributed by atoms with Gasteiger partial charge in [-0.25, -0.2) is 9.18 Å². The molecule has 0 aliphatic heterocycles. The molecule has 0 fully saturated rings. The third-order valence-corrected chi connectivity index (χ3v) is 4.28. The van der Waals surface area contributed by atoms with Gasteiger partial charge in [-0.2, -0.15) is 4.39 Å². The fourth-order valence-corrected chi connectivity index (χ4v) is 2.89. The van der Waals surface area contributed by atoms with E-state index in [0.29, 0.717) is 5.56 Å². The number of carboxylic acids is 1. The van der Waals surface area contributed by atoms with E-state index >= 15 is 0 Å². The zero-order chi connectivity index (χ0) is 23.1. The molecular formula is C20H19F2N3O6. The number of nitro benzene ring substituents is 1. The van der Waals surface area contributed by atoms with E-state index in [-0.39, 0.29) is 18.4 Å². The molecule has 0 aliphatic rings. The third-order valence-electron chi connectivity index (χ3n) is 4.28. The molecule has 2 aromatic carbocycles. The van der Waals surface area contributed by atoms with Crippen molar-refractivity contribution >= 4 is 23.5 Å². The van der Waals surface area contributed by atoms with Crippen LogP contribution in [0.25, 0.3) is 0 Å². The Bertz CT molecular complexity index is 1010. The average molecular weight is 435 g/mol. The van der Waals surface area contributed by atoms with Gasteiger partial charge in [-0.05, 0) is 29.3 Å². The van der Waals surface area contributed by atoms with Gasteiger partial charge < -0.3 is 15.7 Å². The van der Waals surface area contributed by atoms with Gasteiger partial charge in [0.15, 0.2) is 0 Å². The van der Waals surface area contributed by atoms with Gasteiger partial charge in [0.25, 0.3) is 0 Å². The van der Waals surface area contributed by atoms with Gasteiger partial charge in [0, 0.05) is 25.8 Å². The van der Waals surface area contributed by atoms with E-state index in [0.717, 1.165) is 19.1 Å². The quantitative estimate of drug-likeness (QED) is 0.405. The topological polar surface area (TPSA) is 139 Å². The van der Waals surface area contributed by atoms with Gasteiger partial charge in [-0.3, -0.25) is 19.7 Å². The molecule has 9 nitrogen and oxygen atoms in total. The monoisotopic (exact) mass is 435 g/mol. The van der Waals surface area contributed by atoms with Crippen molar-refractivity contribution in [1.82, 2.24) is 10.6 Å². The molecule has 0 bridgehead atoms. The van der Waals surface area contributed by atoms with E-state index in [1.165, 1.54) is 30.3 Å². The third kappa shape index (κ3) is 6.84. The molecule has 0 aromatic heterocycles. The lowest BCUT2D eigenvalue weighted by Gasteiger charge is -2.21. The summed E-state index contributed by atoms with van der Waals surface area (Å²) in [6, 6.07) is 5.53. The summed E-state index contributed by atoms with van der Waals surface area (Å²) in [6.45, 7) is 1.16. The molecule has 2 rings (SSSR count). The first-order valence-electron chi connectivity index (χ1n) is 9.04. The van der Waals surface area contributed by atoms with Crippen molar-refractivity contribution in [2.75, 3.05) is 0 Å². The summed E-state index contributed by atoms with van der Waals surface area (Å²) in [6.07, 6.45) is -0.466. The number of nitrogens with zero attached hydrogens (tertiary/aromatic N) is 1. The molecule has 0 radical (unpaired) electrons. The number of amides is 2. The normalized spacial score (nSPS) is 12.5. The molecule has 0 saturated heterocycles.